The fourth-order valence-corrected chi connectivity index (χ4v) is 2.73. The van der Waals surface area contributed by atoms with Gasteiger partial charge in [-0.25, -0.2) is 8.78 Å². The Morgan fingerprint density at radius 3 is 2.87 bits per heavy atom. The number of halogens is 2. The first-order valence-corrected chi connectivity index (χ1v) is 7.73. The number of hydrogen-bond donors (Lipinski definition) is 1. The molecule has 0 radical (unpaired) electrons. The Hall–Kier alpha value is -2.22. The van der Waals surface area contributed by atoms with E-state index in [0.717, 1.165) is 12.1 Å². The lowest BCUT2D eigenvalue weighted by Crippen LogP contribution is -2.23. The van der Waals surface area contributed by atoms with Crippen LogP contribution >= 0.6 is 11.8 Å². The minimum absolute atomic E-state index is 0.0624. The highest BCUT2D eigenvalue weighted by Crippen LogP contribution is 2.24. The number of aromatic nitrogens is 3. The summed E-state index contributed by atoms with van der Waals surface area (Å²) in [6, 6.07) is 2.99. The third-order valence-corrected chi connectivity index (χ3v) is 4.13. The highest BCUT2D eigenvalue weighted by Gasteiger charge is 2.20. The summed E-state index contributed by atoms with van der Waals surface area (Å²) < 4.78 is 28.3. The second-order valence-corrected chi connectivity index (χ2v) is 6.11. The molecule has 0 aliphatic heterocycles. The van der Waals surface area contributed by atoms with E-state index in [1.54, 1.807) is 19.9 Å². The maximum Gasteiger partial charge on any atom is 0.237 e. The minimum Gasteiger partial charge on any atom is -0.323 e. The normalized spacial score (nSPS) is 12.0. The lowest BCUT2D eigenvalue weighted by molar-refractivity contribution is -0.115. The van der Waals surface area contributed by atoms with Gasteiger partial charge in [-0.05, 0) is 26.0 Å². The molecular formula is C15H16F2N4OS. The average Bonchev–Trinajstić information content (AvgIpc) is 2.83. The summed E-state index contributed by atoms with van der Waals surface area (Å²) in [6.07, 6.45) is 1.71. The molecule has 122 valence electrons. The van der Waals surface area contributed by atoms with Crippen molar-refractivity contribution in [2.75, 3.05) is 5.32 Å². The maximum atomic E-state index is 13.6. The molecule has 0 bridgehead atoms. The highest BCUT2D eigenvalue weighted by atomic mass is 32.2. The van der Waals surface area contributed by atoms with Crippen LogP contribution in [-0.2, 0) is 11.3 Å². The van der Waals surface area contributed by atoms with Gasteiger partial charge in [-0.2, -0.15) is 0 Å². The average molecular weight is 338 g/mol. The Kier molecular flexibility index (Phi) is 5.49. The molecule has 2 aromatic rings. The topological polar surface area (TPSA) is 59.8 Å². The number of rotatable bonds is 6. The number of allylic oxidation sites excluding steroid dienone is 1. The van der Waals surface area contributed by atoms with Crippen LogP contribution < -0.4 is 5.32 Å². The van der Waals surface area contributed by atoms with Crippen LogP contribution in [0.1, 0.15) is 12.7 Å². The Labute approximate surface area is 136 Å². The van der Waals surface area contributed by atoms with Crippen molar-refractivity contribution < 1.29 is 13.6 Å². The Balaban J connectivity index is 2.07. The van der Waals surface area contributed by atoms with Gasteiger partial charge in [0.2, 0.25) is 5.91 Å². The summed E-state index contributed by atoms with van der Waals surface area (Å²) in [4.78, 5) is 12.2. The Morgan fingerprint density at radius 1 is 1.48 bits per heavy atom. The predicted octanol–water partition coefficient (Wildman–Crippen LogP) is 3.17. The summed E-state index contributed by atoms with van der Waals surface area (Å²) >= 11 is 1.20. The zero-order valence-corrected chi connectivity index (χ0v) is 13.5. The predicted molar refractivity (Wildman–Crippen MR) is 85.3 cm³/mol. The third-order valence-electron chi connectivity index (χ3n) is 3.05. The van der Waals surface area contributed by atoms with E-state index in [4.69, 9.17) is 0 Å². The quantitative estimate of drug-likeness (QED) is 0.649. The van der Waals surface area contributed by atoms with Gasteiger partial charge in [0.25, 0.3) is 0 Å². The van der Waals surface area contributed by atoms with Crippen molar-refractivity contribution in [2.24, 2.45) is 0 Å². The monoisotopic (exact) mass is 338 g/mol. The number of thioether (sulfide) groups is 1. The molecule has 1 heterocycles. The van der Waals surface area contributed by atoms with Gasteiger partial charge < -0.3 is 9.88 Å². The van der Waals surface area contributed by atoms with Crippen LogP contribution in [0.5, 0.6) is 0 Å². The number of nitrogens with one attached hydrogen (secondary N) is 1. The van der Waals surface area contributed by atoms with Gasteiger partial charge in [-0.3, -0.25) is 4.79 Å². The Morgan fingerprint density at radius 2 is 2.22 bits per heavy atom. The van der Waals surface area contributed by atoms with E-state index in [-0.39, 0.29) is 5.69 Å². The van der Waals surface area contributed by atoms with Crippen molar-refractivity contribution in [2.45, 2.75) is 30.8 Å². The number of benzene rings is 1. The van der Waals surface area contributed by atoms with Crippen molar-refractivity contribution >= 4 is 23.4 Å². The SMILES string of the molecule is C=CCn1c(C)nnc1SC(C)C(=O)Nc1ccc(F)cc1F. The fraction of sp³-hybridized carbons (Fsp3) is 0.267. The zero-order chi connectivity index (χ0) is 17.0. The molecule has 0 spiro atoms. The summed E-state index contributed by atoms with van der Waals surface area (Å²) in [6.45, 7) is 7.67. The van der Waals surface area contributed by atoms with Crippen LogP contribution in [0.25, 0.3) is 0 Å². The van der Waals surface area contributed by atoms with E-state index in [9.17, 15) is 13.6 Å². The number of aryl methyl sites for hydroxylation is 1. The summed E-state index contributed by atoms with van der Waals surface area (Å²) in [7, 11) is 0. The molecule has 23 heavy (non-hydrogen) atoms. The molecule has 0 fully saturated rings. The van der Waals surface area contributed by atoms with Gasteiger partial charge in [0.1, 0.15) is 17.5 Å². The van der Waals surface area contributed by atoms with Gasteiger partial charge >= 0.3 is 0 Å². The van der Waals surface area contributed by atoms with Crippen LogP contribution in [0.4, 0.5) is 14.5 Å². The summed E-state index contributed by atoms with van der Waals surface area (Å²) in [5.74, 6) is -1.21. The van der Waals surface area contributed by atoms with Gasteiger partial charge in [0.05, 0.1) is 10.9 Å². The maximum absolute atomic E-state index is 13.6. The van der Waals surface area contributed by atoms with Crippen molar-refractivity contribution in [3.63, 3.8) is 0 Å². The largest absolute Gasteiger partial charge is 0.323 e. The molecule has 1 aromatic heterocycles. The zero-order valence-electron chi connectivity index (χ0n) is 12.7. The molecule has 0 saturated heterocycles. The van der Waals surface area contributed by atoms with E-state index in [0.29, 0.717) is 17.5 Å². The molecule has 1 unspecified atom stereocenters. The molecule has 1 aromatic carbocycles. The third kappa shape index (κ3) is 4.16. The van der Waals surface area contributed by atoms with Crippen LogP contribution in [-0.4, -0.2) is 25.9 Å². The van der Waals surface area contributed by atoms with Crippen molar-refractivity contribution in [1.29, 1.82) is 0 Å². The molecule has 1 N–H and O–H groups in total. The molecule has 2 rings (SSSR count). The molecule has 5 nitrogen and oxygen atoms in total. The number of amides is 1. The molecule has 8 heteroatoms. The molecule has 0 aliphatic rings. The van der Waals surface area contributed by atoms with Gasteiger partial charge in [0.15, 0.2) is 5.16 Å². The second-order valence-electron chi connectivity index (χ2n) is 4.80. The number of hydrogen-bond acceptors (Lipinski definition) is 4. The van der Waals surface area contributed by atoms with Crippen LogP contribution in [0, 0.1) is 18.6 Å². The lowest BCUT2D eigenvalue weighted by atomic mass is 10.3. The molecule has 0 aliphatic carbocycles. The molecule has 1 atom stereocenters. The lowest BCUT2D eigenvalue weighted by Gasteiger charge is -2.12. The van der Waals surface area contributed by atoms with E-state index in [1.807, 2.05) is 4.57 Å². The van der Waals surface area contributed by atoms with E-state index < -0.39 is 22.8 Å². The summed E-state index contributed by atoms with van der Waals surface area (Å²) in [5.41, 5.74) is -0.0624. The molecule has 1 amide bonds. The van der Waals surface area contributed by atoms with E-state index in [2.05, 4.69) is 22.1 Å². The van der Waals surface area contributed by atoms with Gasteiger partial charge in [-0.1, -0.05) is 17.8 Å². The Bertz CT molecular complexity index is 732. The second kappa shape index (κ2) is 7.36. The molecule has 0 saturated carbocycles. The van der Waals surface area contributed by atoms with Crippen molar-refractivity contribution in [3.8, 4) is 0 Å². The van der Waals surface area contributed by atoms with Gasteiger partial charge in [0, 0.05) is 12.6 Å². The van der Waals surface area contributed by atoms with E-state index >= 15 is 0 Å². The first-order valence-electron chi connectivity index (χ1n) is 6.85. The smallest absolute Gasteiger partial charge is 0.237 e. The van der Waals surface area contributed by atoms with Crippen molar-refractivity contribution in [1.82, 2.24) is 14.8 Å². The number of carbonyl (C=O) groups excluding carboxylic acids is 1. The summed E-state index contributed by atoms with van der Waals surface area (Å²) in [5, 5.41) is 10.5. The number of nitrogens with zero attached hydrogens (tertiary/aromatic N) is 3. The standard InChI is InChI=1S/C15H16F2N4OS/c1-4-7-21-10(3)19-20-15(21)23-9(2)14(22)18-13-6-5-11(16)8-12(13)17/h4-6,8-9H,1,7H2,2-3H3,(H,18,22). The first-order chi connectivity index (χ1) is 10.9. The first kappa shape index (κ1) is 17.1. The van der Waals surface area contributed by atoms with Gasteiger partial charge in [-0.15, -0.1) is 16.8 Å². The minimum atomic E-state index is -0.818. The van der Waals surface area contributed by atoms with E-state index in [1.165, 1.54) is 17.8 Å². The highest BCUT2D eigenvalue weighted by molar-refractivity contribution is 8.00. The number of anilines is 1. The van der Waals surface area contributed by atoms with Crippen LogP contribution in [0.2, 0.25) is 0 Å². The molecular weight excluding hydrogens is 322 g/mol. The van der Waals surface area contributed by atoms with Crippen molar-refractivity contribution in [3.05, 3.63) is 48.3 Å². The van der Waals surface area contributed by atoms with Crippen LogP contribution in [0.15, 0.2) is 36.0 Å². The fourth-order valence-electron chi connectivity index (χ4n) is 1.82. The van der Waals surface area contributed by atoms with Crippen LogP contribution in [0.3, 0.4) is 0 Å². The number of carbonyl (C=O) groups is 1.